The molecule has 3 aromatic rings. The number of carbonyl (C=O) groups is 1. The first-order valence-corrected chi connectivity index (χ1v) is 9.70. The number of aromatic nitrogens is 2. The SMILES string of the molecule is CCc1oc(C(=O)NCc2ccc(-c3ncon3)cc2)cc1CN1CCCC1. The summed E-state index contributed by atoms with van der Waals surface area (Å²) in [7, 11) is 0. The zero-order chi connectivity index (χ0) is 19.3. The van der Waals surface area contributed by atoms with Gasteiger partial charge in [0.25, 0.3) is 5.91 Å². The molecule has 4 rings (SSSR count). The highest BCUT2D eigenvalue weighted by Gasteiger charge is 2.19. The zero-order valence-electron chi connectivity index (χ0n) is 16.0. The molecule has 0 aliphatic carbocycles. The van der Waals surface area contributed by atoms with Gasteiger partial charge < -0.3 is 14.3 Å². The van der Waals surface area contributed by atoms with Crippen molar-refractivity contribution in [2.24, 2.45) is 0 Å². The predicted molar refractivity (Wildman–Crippen MR) is 104 cm³/mol. The molecule has 1 N–H and O–H groups in total. The van der Waals surface area contributed by atoms with Gasteiger partial charge in [0.1, 0.15) is 5.76 Å². The lowest BCUT2D eigenvalue weighted by Crippen LogP contribution is -2.22. The monoisotopic (exact) mass is 380 g/mol. The van der Waals surface area contributed by atoms with Gasteiger partial charge in [-0.15, -0.1) is 0 Å². The van der Waals surface area contributed by atoms with Gasteiger partial charge in [0.05, 0.1) is 0 Å². The van der Waals surface area contributed by atoms with Gasteiger partial charge >= 0.3 is 0 Å². The van der Waals surface area contributed by atoms with E-state index < -0.39 is 0 Å². The summed E-state index contributed by atoms with van der Waals surface area (Å²) in [5, 5.41) is 6.75. The Kier molecular flexibility index (Phi) is 5.53. The molecule has 0 bridgehead atoms. The van der Waals surface area contributed by atoms with E-state index in [1.807, 2.05) is 30.3 Å². The molecule has 3 heterocycles. The van der Waals surface area contributed by atoms with E-state index in [-0.39, 0.29) is 5.91 Å². The zero-order valence-corrected chi connectivity index (χ0v) is 16.0. The van der Waals surface area contributed by atoms with Crippen LogP contribution >= 0.6 is 0 Å². The predicted octanol–water partition coefficient (Wildman–Crippen LogP) is 3.42. The Morgan fingerprint density at radius 3 is 2.68 bits per heavy atom. The van der Waals surface area contributed by atoms with Gasteiger partial charge in [-0.2, -0.15) is 4.98 Å². The highest BCUT2D eigenvalue weighted by atomic mass is 16.5. The molecule has 1 fully saturated rings. The number of benzene rings is 1. The van der Waals surface area contributed by atoms with Crippen LogP contribution in [0.25, 0.3) is 11.4 Å². The normalized spacial score (nSPS) is 14.5. The van der Waals surface area contributed by atoms with Crippen molar-refractivity contribution in [2.75, 3.05) is 13.1 Å². The lowest BCUT2D eigenvalue weighted by atomic mass is 10.1. The lowest BCUT2D eigenvalue weighted by molar-refractivity contribution is 0.0921. The minimum absolute atomic E-state index is 0.190. The average Bonchev–Trinajstić information content (AvgIpc) is 3.48. The summed E-state index contributed by atoms with van der Waals surface area (Å²) in [5.41, 5.74) is 2.98. The van der Waals surface area contributed by atoms with Crippen molar-refractivity contribution in [3.63, 3.8) is 0 Å². The van der Waals surface area contributed by atoms with Crippen LogP contribution in [0.1, 0.15) is 47.2 Å². The fraction of sp³-hybridized carbons (Fsp3) is 0.381. The van der Waals surface area contributed by atoms with Gasteiger partial charge in [0.15, 0.2) is 5.76 Å². The molecule has 0 atom stereocenters. The summed E-state index contributed by atoms with van der Waals surface area (Å²) in [6.45, 7) is 5.58. The summed E-state index contributed by atoms with van der Waals surface area (Å²) in [6, 6.07) is 9.58. The fourth-order valence-electron chi connectivity index (χ4n) is 3.53. The van der Waals surface area contributed by atoms with Crippen molar-refractivity contribution in [2.45, 2.75) is 39.3 Å². The van der Waals surface area contributed by atoms with E-state index in [9.17, 15) is 4.79 Å². The van der Waals surface area contributed by atoms with Gasteiger partial charge in [0, 0.05) is 30.6 Å². The number of carbonyl (C=O) groups excluding carboxylic acids is 1. The minimum Gasteiger partial charge on any atom is -0.456 e. The molecule has 146 valence electrons. The molecule has 7 nitrogen and oxygen atoms in total. The third-order valence-corrected chi connectivity index (χ3v) is 5.06. The van der Waals surface area contributed by atoms with E-state index in [1.54, 1.807) is 0 Å². The number of aryl methyl sites for hydroxylation is 1. The van der Waals surface area contributed by atoms with Crippen LogP contribution in [-0.2, 0) is 19.5 Å². The summed E-state index contributed by atoms with van der Waals surface area (Å²) in [6.07, 6.45) is 4.58. The van der Waals surface area contributed by atoms with E-state index >= 15 is 0 Å². The second-order valence-corrected chi connectivity index (χ2v) is 7.03. The Bertz CT molecular complexity index is 910. The Morgan fingerprint density at radius 1 is 1.21 bits per heavy atom. The van der Waals surface area contributed by atoms with Crippen LogP contribution in [0.2, 0.25) is 0 Å². The van der Waals surface area contributed by atoms with Crippen molar-refractivity contribution in [1.82, 2.24) is 20.4 Å². The maximum atomic E-state index is 12.5. The van der Waals surface area contributed by atoms with Crippen LogP contribution < -0.4 is 5.32 Å². The van der Waals surface area contributed by atoms with Crippen molar-refractivity contribution in [3.05, 3.63) is 59.4 Å². The smallest absolute Gasteiger partial charge is 0.287 e. The molecule has 28 heavy (non-hydrogen) atoms. The summed E-state index contributed by atoms with van der Waals surface area (Å²) >= 11 is 0. The molecular formula is C21H24N4O3. The molecule has 7 heteroatoms. The Hall–Kier alpha value is -2.93. The number of likely N-dealkylation sites (tertiary alicyclic amines) is 1. The summed E-state index contributed by atoms with van der Waals surface area (Å²) < 4.78 is 10.6. The molecule has 1 aromatic carbocycles. The van der Waals surface area contributed by atoms with E-state index in [2.05, 4.69) is 27.3 Å². The summed E-state index contributed by atoms with van der Waals surface area (Å²) in [5.74, 6) is 1.64. The fourth-order valence-corrected chi connectivity index (χ4v) is 3.53. The minimum atomic E-state index is -0.190. The third kappa shape index (κ3) is 4.14. The molecule has 0 unspecified atom stereocenters. The van der Waals surface area contributed by atoms with Crippen LogP contribution in [0.5, 0.6) is 0 Å². The third-order valence-electron chi connectivity index (χ3n) is 5.06. The lowest BCUT2D eigenvalue weighted by Gasteiger charge is -2.13. The topological polar surface area (TPSA) is 84.4 Å². The number of hydrogen-bond donors (Lipinski definition) is 1. The number of nitrogens with zero attached hydrogens (tertiary/aromatic N) is 3. The number of furan rings is 1. The maximum absolute atomic E-state index is 12.5. The van der Waals surface area contributed by atoms with Crippen molar-refractivity contribution >= 4 is 5.91 Å². The molecule has 1 aliphatic rings. The van der Waals surface area contributed by atoms with Gasteiger partial charge in [-0.05, 0) is 37.6 Å². The first-order valence-electron chi connectivity index (χ1n) is 9.70. The Morgan fingerprint density at radius 2 is 2.00 bits per heavy atom. The second kappa shape index (κ2) is 8.39. The molecule has 1 saturated heterocycles. The van der Waals surface area contributed by atoms with Gasteiger partial charge in [-0.1, -0.05) is 36.3 Å². The van der Waals surface area contributed by atoms with Crippen LogP contribution in [-0.4, -0.2) is 34.0 Å². The second-order valence-electron chi connectivity index (χ2n) is 7.03. The highest BCUT2D eigenvalue weighted by Crippen LogP contribution is 2.21. The van der Waals surface area contributed by atoms with E-state index in [1.165, 1.54) is 19.2 Å². The quantitative estimate of drug-likeness (QED) is 0.676. The molecule has 0 saturated carbocycles. The van der Waals surface area contributed by atoms with Gasteiger partial charge in [0.2, 0.25) is 12.2 Å². The maximum Gasteiger partial charge on any atom is 0.287 e. The number of rotatable bonds is 7. The van der Waals surface area contributed by atoms with Crippen LogP contribution in [0.15, 0.2) is 45.7 Å². The van der Waals surface area contributed by atoms with Gasteiger partial charge in [-0.3, -0.25) is 9.69 Å². The first kappa shape index (κ1) is 18.4. The molecule has 1 aliphatic heterocycles. The van der Waals surface area contributed by atoms with Crippen molar-refractivity contribution in [3.8, 4) is 11.4 Å². The molecular weight excluding hydrogens is 356 g/mol. The Labute approximate surface area is 163 Å². The number of nitrogens with one attached hydrogen (secondary N) is 1. The van der Waals surface area contributed by atoms with Crippen LogP contribution in [0, 0.1) is 0 Å². The molecule has 0 radical (unpaired) electrons. The van der Waals surface area contributed by atoms with Crippen molar-refractivity contribution in [1.29, 1.82) is 0 Å². The van der Waals surface area contributed by atoms with E-state index in [4.69, 9.17) is 8.94 Å². The first-order chi connectivity index (χ1) is 13.7. The number of amides is 1. The van der Waals surface area contributed by atoms with Gasteiger partial charge in [-0.25, -0.2) is 0 Å². The van der Waals surface area contributed by atoms with Crippen LogP contribution in [0.3, 0.4) is 0 Å². The molecule has 1 amide bonds. The van der Waals surface area contributed by atoms with Crippen LogP contribution in [0.4, 0.5) is 0 Å². The van der Waals surface area contributed by atoms with E-state index in [0.29, 0.717) is 18.1 Å². The largest absolute Gasteiger partial charge is 0.456 e. The molecule has 2 aromatic heterocycles. The average molecular weight is 380 g/mol. The standard InChI is InChI=1S/C21H24N4O3/c1-2-18-17(13-25-9-3-4-10-25)11-19(28-18)21(26)22-12-15-5-7-16(8-6-15)20-23-14-27-24-20/h5-8,11,14H,2-4,9-10,12-13H2,1H3,(H,22,26). The van der Waals surface area contributed by atoms with Crippen molar-refractivity contribution < 1.29 is 13.7 Å². The number of hydrogen-bond acceptors (Lipinski definition) is 6. The Balaban J connectivity index is 1.37. The summed E-state index contributed by atoms with van der Waals surface area (Å²) in [4.78, 5) is 19.0. The molecule has 0 spiro atoms. The van der Waals surface area contributed by atoms with E-state index in [0.717, 1.165) is 48.5 Å². The highest BCUT2D eigenvalue weighted by molar-refractivity contribution is 5.91.